The Hall–Kier alpha value is -2.77. The van der Waals surface area contributed by atoms with Crippen molar-refractivity contribution in [2.24, 2.45) is 5.73 Å². The van der Waals surface area contributed by atoms with Crippen molar-refractivity contribution in [1.82, 2.24) is 9.97 Å². The molecule has 0 aliphatic rings. The van der Waals surface area contributed by atoms with E-state index in [4.69, 9.17) is 22.1 Å². The summed E-state index contributed by atoms with van der Waals surface area (Å²) < 4.78 is 46.9. The van der Waals surface area contributed by atoms with Crippen molar-refractivity contribution >= 4 is 33.4 Å². The molecule has 0 aliphatic heterocycles. The van der Waals surface area contributed by atoms with Crippen molar-refractivity contribution < 1.29 is 17.9 Å². The molecule has 3 N–H and O–H groups in total. The fourth-order valence-electron chi connectivity index (χ4n) is 4.03. The van der Waals surface area contributed by atoms with Gasteiger partial charge < -0.3 is 15.5 Å². The Morgan fingerprint density at radius 3 is 2.65 bits per heavy atom. The van der Waals surface area contributed by atoms with Gasteiger partial charge in [0.1, 0.15) is 5.75 Å². The molecule has 162 valence electrons. The molecule has 0 unspecified atom stereocenters. The SMILES string of the molecule is COc1ccc2ncccc2c1-c1[nH]c2c(C(F)(F)F)ccc(Cl)c2c1CCCCN. The van der Waals surface area contributed by atoms with Gasteiger partial charge >= 0.3 is 6.18 Å². The van der Waals surface area contributed by atoms with Crippen molar-refractivity contribution in [2.45, 2.75) is 25.4 Å². The number of methoxy groups -OCH3 is 1. The number of nitrogens with one attached hydrogen (secondary N) is 1. The Bertz CT molecular complexity index is 1250. The van der Waals surface area contributed by atoms with E-state index in [9.17, 15) is 13.2 Å². The van der Waals surface area contributed by atoms with Crippen molar-refractivity contribution in [3.63, 3.8) is 0 Å². The molecule has 2 aromatic heterocycles. The first-order valence-corrected chi connectivity index (χ1v) is 10.3. The largest absolute Gasteiger partial charge is 0.496 e. The molecule has 0 saturated heterocycles. The van der Waals surface area contributed by atoms with Crippen LogP contribution in [0.3, 0.4) is 0 Å². The van der Waals surface area contributed by atoms with Gasteiger partial charge in [0.05, 0.1) is 34.4 Å². The fourth-order valence-corrected chi connectivity index (χ4v) is 4.31. The van der Waals surface area contributed by atoms with Crippen LogP contribution < -0.4 is 10.5 Å². The van der Waals surface area contributed by atoms with Crippen LogP contribution >= 0.6 is 11.6 Å². The number of benzene rings is 2. The number of nitrogens with zero attached hydrogens (tertiary/aromatic N) is 1. The number of aromatic nitrogens is 2. The summed E-state index contributed by atoms with van der Waals surface area (Å²) in [4.78, 5) is 7.43. The van der Waals surface area contributed by atoms with Crippen LogP contribution in [0.1, 0.15) is 24.0 Å². The molecule has 0 fully saturated rings. The van der Waals surface area contributed by atoms with Gasteiger partial charge in [0.2, 0.25) is 0 Å². The van der Waals surface area contributed by atoms with E-state index in [2.05, 4.69) is 9.97 Å². The van der Waals surface area contributed by atoms with Crippen LogP contribution in [-0.4, -0.2) is 23.6 Å². The average Bonchev–Trinajstić information content (AvgIpc) is 3.12. The van der Waals surface area contributed by atoms with E-state index in [-0.39, 0.29) is 10.5 Å². The smallest absolute Gasteiger partial charge is 0.418 e. The minimum atomic E-state index is -4.52. The zero-order valence-corrected chi connectivity index (χ0v) is 17.6. The van der Waals surface area contributed by atoms with E-state index < -0.39 is 11.7 Å². The number of nitrogens with two attached hydrogens (primary N) is 1. The number of unbranched alkanes of at least 4 members (excludes halogenated alkanes) is 1. The molecule has 4 aromatic rings. The van der Waals surface area contributed by atoms with Gasteiger partial charge in [-0.1, -0.05) is 17.7 Å². The van der Waals surface area contributed by atoms with Gasteiger partial charge in [-0.15, -0.1) is 0 Å². The predicted octanol–water partition coefficient (Wildman–Crippen LogP) is 6.35. The fraction of sp³-hybridized carbons (Fsp3) is 0.261. The number of hydrogen-bond donors (Lipinski definition) is 2. The number of pyridine rings is 1. The Labute approximate surface area is 182 Å². The van der Waals surface area contributed by atoms with Crippen molar-refractivity contribution in [3.05, 3.63) is 58.7 Å². The summed E-state index contributed by atoms with van der Waals surface area (Å²) in [7, 11) is 1.53. The maximum Gasteiger partial charge on any atom is 0.418 e. The Morgan fingerprint density at radius 2 is 1.94 bits per heavy atom. The molecular weight excluding hydrogens is 427 g/mol. The molecule has 31 heavy (non-hydrogen) atoms. The van der Waals surface area contributed by atoms with Crippen LogP contribution in [0.5, 0.6) is 5.75 Å². The maximum absolute atomic E-state index is 13.8. The van der Waals surface area contributed by atoms with E-state index in [1.54, 1.807) is 18.3 Å². The lowest BCUT2D eigenvalue weighted by molar-refractivity contribution is -0.136. The number of aromatic amines is 1. The zero-order chi connectivity index (χ0) is 22.2. The molecule has 0 amide bonds. The van der Waals surface area contributed by atoms with E-state index in [0.717, 1.165) is 17.9 Å². The number of H-pyrrole nitrogens is 1. The number of fused-ring (bicyclic) bond motifs is 2. The second kappa shape index (κ2) is 8.40. The first kappa shape index (κ1) is 21.5. The lowest BCUT2D eigenvalue weighted by Crippen LogP contribution is -2.05. The molecular formula is C23H21ClF3N3O. The normalized spacial score (nSPS) is 12.1. The Morgan fingerprint density at radius 1 is 1.13 bits per heavy atom. The molecule has 0 radical (unpaired) electrons. The minimum Gasteiger partial charge on any atom is -0.496 e. The lowest BCUT2D eigenvalue weighted by Gasteiger charge is -2.13. The van der Waals surface area contributed by atoms with Crippen molar-refractivity contribution in [3.8, 4) is 17.0 Å². The number of halogens is 4. The summed E-state index contributed by atoms with van der Waals surface area (Å²) in [5, 5.41) is 1.43. The number of ether oxygens (including phenoxy) is 1. The number of aryl methyl sites for hydroxylation is 1. The lowest BCUT2D eigenvalue weighted by atomic mass is 9.96. The number of alkyl halides is 3. The number of hydrogen-bond acceptors (Lipinski definition) is 3. The molecule has 0 atom stereocenters. The van der Waals surface area contributed by atoms with Gasteiger partial charge in [-0.05, 0) is 61.7 Å². The van der Waals surface area contributed by atoms with Gasteiger partial charge in [0.25, 0.3) is 0 Å². The summed E-state index contributed by atoms with van der Waals surface area (Å²) in [5.74, 6) is 0.539. The second-order valence-electron chi connectivity index (χ2n) is 7.28. The summed E-state index contributed by atoms with van der Waals surface area (Å²) in [6.45, 7) is 0.501. The van der Waals surface area contributed by atoms with Crippen LogP contribution in [-0.2, 0) is 12.6 Å². The Kier molecular flexibility index (Phi) is 5.81. The van der Waals surface area contributed by atoms with Gasteiger partial charge in [0, 0.05) is 22.5 Å². The highest BCUT2D eigenvalue weighted by molar-refractivity contribution is 6.36. The molecule has 2 heterocycles. The summed E-state index contributed by atoms with van der Waals surface area (Å²) >= 11 is 6.43. The molecule has 0 spiro atoms. The molecule has 0 aliphatic carbocycles. The van der Waals surface area contributed by atoms with Crippen LogP contribution in [0.2, 0.25) is 5.02 Å². The first-order valence-electron chi connectivity index (χ1n) is 9.89. The quantitative estimate of drug-likeness (QED) is 0.339. The van der Waals surface area contributed by atoms with Crippen LogP contribution in [0.15, 0.2) is 42.6 Å². The summed E-state index contributed by atoms with van der Waals surface area (Å²) in [5.41, 5.74) is 7.52. The average molecular weight is 448 g/mol. The Balaban J connectivity index is 2.10. The highest BCUT2D eigenvalue weighted by Gasteiger charge is 2.35. The van der Waals surface area contributed by atoms with E-state index in [0.29, 0.717) is 52.9 Å². The van der Waals surface area contributed by atoms with Gasteiger partial charge in [-0.25, -0.2) is 0 Å². The zero-order valence-electron chi connectivity index (χ0n) is 16.8. The third kappa shape index (κ3) is 3.83. The molecule has 4 rings (SSSR count). The summed E-state index contributed by atoms with van der Waals surface area (Å²) in [6, 6.07) is 9.57. The van der Waals surface area contributed by atoms with Gasteiger partial charge in [0.15, 0.2) is 0 Å². The van der Waals surface area contributed by atoms with Gasteiger partial charge in [-0.3, -0.25) is 4.98 Å². The number of rotatable bonds is 6. The van der Waals surface area contributed by atoms with Crippen LogP contribution in [0.4, 0.5) is 13.2 Å². The molecule has 8 heteroatoms. The van der Waals surface area contributed by atoms with E-state index in [1.165, 1.54) is 13.2 Å². The molecule has 2 aromatic carbocycles. The van der Waals surface area contributed by atoms with E-state index in [1.807, 2.05) is 12.1 Å². The monoisotopic (exact) mass is 447 g/mol. The van der Waals surface area contributed by atoms with Crippen molar-refractivity contribution in [1.29, 1.82) is 0 Å². The predicted molar refractivity (Wildman–Crippen MR) is 118 cm³/mol. The first-order chi connectivity index (χ1) is 14.9. The maximum atomic E-state index is 13.8. The third-order valence-electron chi connectivity index (χ3n) is 5.41. The minimum absolute atomic E-state index is 0.0271. The van der Waals surface area contributed by atoms with Crippen LogP contribution in [0, 0.1) is 0 Å². The third-order valence-corrected chi connectivity index (χ3v) is 5.73. The standard InChI is InChI=1S/C23H21ClF3N3O/c1-31-18-10-9-17-13(6-4-12-29-17)20(18)21-14(5-2-3-11-28)19-16(24)8-7-15(22(19)30-21)23(25,26)27/h4,6-10,12,30H,2-3,5,11,28H2,1H3. The molecule has 0 saturated carbocycles. The second-order valence-corrected chi connectivity index (χ2v) is 7.69. The van der Waals surface area contributed by atoms with Crippen molar-refractivity contribution in [2.75, 3.05) is 13.7 Å². The molecule has 4 nitrogen and oxygen atoms in total. The topological polar surface area (TPSA) is 63.9 Å². The van der Waals surface area contributed by atoms with Crippen LogP contribution in [0.25, 0.3) is 33.1 Å². The highest BCUT2D eigenvalue weighted by Crippen LogP contribution is 2.45. The van der Waals surface area contributed by atoms with Gasteiger partial charge in [-0.2, -0.15) is 13.2 Å². The summed E-state index contributed by atoms with van der Waals surface area (Å²) in [6.07, 6.45) is -0.868. The highest BCUT2D eigenvalue weighted by atomic mass is 35.5. The molecule has 0 bridgehead atoms. The van der Waals surface area contributed by atoms with E-state index >= 15 is 0 Å².